The number of hydrogen-bond donors (Lipinski definition) is 0. The van der Waals surface area contributed by atoms with Gasteiger partial charge in [-0.05, 0) is 40.5 Å². The highest BCUT2D eigenvalue weighted by Gasteiger charge is 2.21. The second-order valence-corrected chi connectivity index (χ2v) is 5.70. The van der Waals surface area contributed by atoms with Gasteiger partial charge in [0, 0.05) is 44.8 Å². The first-order valence-electron chi connectivity index (χ1n) is 6.63. The van der Waals surface area contributed by atoms with E-state index in [4.69, 9.17) is 0 Å². The normalized spacial score (nSPS) is 15.5. The SMILES string of the molecule is Cc1cnc(N2CCN(c3ncccn3)CC2)c(Br)c1. The lowest BCUT2D eigenvalue weighted by Crippen LogP contribution is -2.47. The fourth-order valence-corrected chi connectivity index (χ4v) is 3.05. The molecule has 0 atom stereocenters. The van der Waals surface area contributed by atoms with Gasteiger partial charge in [-0.3, -0.25) is 0 Å². The maximum atomic E-state index is 4.53. The lowest BCUT2D eigenvalue weighted by molar-refractivity contribution is 0.633. The summed E-state index contributed by atoms with van der Waals surface area (Å²) < 4.78 is 1.06. The summed E-state index contributed by atoms with van der Waals surface area (Å²) in [6.07, 6.45) is 5.48. The van der Waals surface area contributed by atoms with E-state index in [1.807, 2.05) is 19.2 Å². The molecule has 0 aliphatic carbocycles. The highest BCUT2D eigenvalue weighted by atomic mass is 79.9. The molecule has 104 valence electrons. The number of rotatable bonds is 2. The highest BCUT2D eigenvalue weighted by Crippen LogP contribution is 2.25. The van der Waals surface area contributed by atoms with Crippen molar-refractivity contribution in [2.45, 2.75) is 6.92 Å². The molecule has 1 aliphatic heterocycles. The van der Waals surface area contributed by atoms with Crippen LogP contribution in [0, 0.1) is 6.92 Å². The minimum absolute atomic E-state index is 0.808. The van der Waals surface area contributed by atoms with Crippen LogP contribution in [-0.4, -0.2) is 41.1 Å². The third-order valence-corrected chi connectivity index (χ3v) is 3.96. The molecule has 1 fully saturated rings. The van der Waals surface area contributed by atoms with Crippen LogP contribution >= 0.6 is 15.9 Å². The van der Waals surface area contributed by atoms with Crippen LogP contribution in [0.15, 0.2) is 35.2 Å². The molecule has 6 heteroatoms. The van der Waals surface area contributed by atoms with Gasteiger partial charge in [-0.15, -0.1) is 0 Å². The number of aryl methyl sites for hydroxylation is 1. The van der Waals surface area contributed by atoms with Crippen LogP contribution in [-0.2, 0) is 0 Å². The summed E-state index contributed by atoms with van der Waals surface area (Å²) in [4.78, 5) is 17.6. The van der Waals surface area contributed by atoms with Crippen LogP contribution in [0.1, 0.15) is 5.56 Å². The highest BCUT2D eigenvalue weighted by molar-refractivity contribution is 9.10. The predicted molar refractivity (Wildman–Crippen MR) is 83.1 cm³/mol. The molecule has 0 amide bonds. The van der Waals surface area contributed by atoms with Crippen molar-refractivity contribution in [1.82, 2.24) is 15.0 Å². The van der Waals surface area contributed by atoms with Crippen LogP contribution < -0.4 is 9.80 Å². The van der Waals surface area contributed by atoms with Crippen molar-refractivity contribution >= 4 is 27.7 Å². The Bertz CT molecular complexity index is 581. The second-order valence-electron chi connectivity index (χ2n) is 4.84. The van der Waals surface area contributed by atoms with E-state index >= 15 is 0 Å². The third-order valence-electron chi connectivity index (χ3n) is 3.37. The molecule has 20 heavy (non-hydrogen) atoms. The monoisotopic (exact) mass is 333 g/mol. The van der Waals surface area contributed by atoms with Gasteiger partial charge in [-0.2, -0.15) is 0 Å². The number of aromatic nitrogens is 3. The van der Waals surface area contributed by atoms with Crippen molar-refractivity contribution < 1.29 is 0 Å². The predicted octanol–water partition coefficient (Wildman–Crippen LogP) is 2.27. The first-order chi connectivity index (χ1) is 9.74. The van der Waals surface area contributed by atoms with E-state index in [0.717, 1.165) is 48.0 Å². The lowest BCUT2D eigenvalue weighted by atomic mass is 10.3. The Labute approximate surface area is 126 Å². The zero-order valence-corrected chi connectivity index (χ0v) is 12.9. The summed E-state index contributed by atoms with van der Waals surface area (Å²) in [5, 5.41) is 0. The Kier molecular flexibility index (Phi) is 3.82. The quantitative estimate of drug-likeness (QED) is 0.843. The molecule has 1 aliphatic rings. The fourth-order valence-electron chi connectivity index (χ4n) is 2.33. The Morgan fingerprint density at radius 2 is 1.65 bits per heavy atom. The molecular weight excluding hydrogens is 318 g/mol. The van der Waals surface area contributed by atoms with Gasteiger partial charge in [0.1, 0.15) is 5.82 Å². The Hall–Kier alpha value is -1.69. The molecule has 3 heterocycles. The van der Waals surface area contributed by atoms with Gasteiger partial charge >= 0.3 is 0 Å². The van der Waals surface area contributed by atoms with Gasteiger partial charge in [0.25, 0.3) is 0 Å². The lowest BCUT2D eigenvalue weighted by Gasteiger charge is -2.35. The molecule has 5 nitrogen and oxygen atoms in total. The van der Waals surface area contributed by atoms with Crippen LogP contribution in [0.5, 0.6) is 0 Å². The molecule has 3 rings (SSSR count). The molecule has 1 saturated heterocycles. The maximum Gasteiger partial charge on any atom is 0.225 e. The molecule has 0 unspecified atom stereocenters. The molecular formula is C14H16BrN5. The number of anilines is 2. The van der Waals surface area contributed by atoms with E-state index < -0.39 is 0 Å². The molecule has 0 spiro atoms. The zero-order chi connectivity index (χ0) is 13.9. The Morgan fingerprint density at radius 3 is 2.30 bits per heavy atom. The molecule has 0 saturated carbocycles. The summed E-state index contributed by atoms with van der Waals surface area (Å²) in [6, 6.07) is 3.95. The number of pyridine rings is 1. The van der Waals surface area contributed by atoms with Gasteiger partial charge in [0.2, 0.25) is 5.95 Å². The van der Waals surface area contributed by atoms with Gasteiger partial charge in [0.15, 0.2) is 0 Å². The second kappa shape index (κ2) is 5.75. The van der Waals surface area contributed by atoms with Crippen molar-refractivity contribution in [3.63, 3.8) is 0 Å². The Morgan fingerprint density at radius 1 is 1.00 bits per heavy atom. The van der Waals surface area contributed by atoms with Gasteiger partial charge in [0.05, 0.1) is 4.47 Å². The molecule has 0 N–H and O–H groups in total. The largest absolute Gasteiger partial charge is 0.352 e. The van der Waals surface area contributed by atoms with E-state index in [-0.39, 0.29) is 0 Å². The zero-order valence-electron chi connectivity index (χ0n) is 11.3. The van der Waals surface area contributed by atoms with Gasteiger partial charge in [-0.25, -0.2) is 15.0 Å². The van der Waals surface area contributed by atoms with Crippen molar-refractivity contribution in [2.75, 3.05) is 36.0 Å². The van der Waals surface area contributed by atoms with E-state index in [9.17, 15) is 0 Å². The average Bonchev–Trinajstić information content (AvgIpc) is 2.48. The van der Waals surface area contributed by atoms with Crippen LogP contribution in [0.4, 0.5) is 11.8 Å². The van der Waals surface area contributed by atoms with Crippen molar-refractivity contribution in [2.24, 2.45) is 0 Å². The van der Waals surface area contributed by atoms with Crippen LogP contribution in [0.2, 0.25) is 0 Å². The number of piperazine rings is 1. The van der Waals surface area contributed by atoms with Crippen molar-refractivity contribution in [3.8, 4) is 0 Å². The molecule has 2 aromatic rings. The standard InChI is InChI=1S/C14H16BrN5/c1-11-9-12(15)13(18-10-11)19-5-7-20(8-6-19)14-16-3-2-4-17-14/h2-4,9-10H,5-8H2,1H3. The first-order valence-corrected chi connectivity index (χ1v) is 7.42. The fraction of sp³-hybridized carbons (Fsp3) is 0.357. The van der Waals surface area contributed by atoms with E-state index in [1.54, 1.807) is 12.4 Å². The maximum absolute atomic E-state index is 4.53. The first kappa shape index (κ1) is 13.3. The molecule has 0 radical (unpaired) electrons. The van der Waals surface area contributed by atoms with Crippen LogP contribution in [0.3, 0.4) is 0 Å². The van der Waals surface area contributed by atoms with Crippen molar-refractivity contribution in [1.29, 1.82) is 0 Å². The van der Waals surface area contributed by atoms with Gasteiger partial charge < -0.3 is 9.80 Å². The van der Waals surface area contributed by atoms with E-state index in [2.05, 4.69) is 46.7 Å². The topological polar surface area (TPSA) is 45.2 Å². The molecule has 0 bridgehead atoms. The summed E-state index contributed by atoms with van der Waals surface area (Å²) in [5.74, 6) is 1.83. The third kappa shape index (κ3) is 2.75. The van der Waals surface area contributed by atoms with Crippen LogP contribution in [0.25, 0.3) is 0 Å². The Balaban J connectivity index is 1.69. The average molecular weight is 334 g/mol. The molecule has 0 aromatic carbocycles. The minimum atomic E-state index is 0.808. The minimum Gasteiger partial charge on any atom is -0.352 e. The molecule has 2 aromatic heterocycles. The smallest absolute Gasteiger partial charge is 0.225 e. The number of hydrogen-bond acceptors (Lipinski definition) is 5. The number of nitrogens with zero attached hydrogens (tertiary/aromatic N) is 5. The van der Waals surface area contributed by atoms with E-state index in [1.165, 1.54) is 0 Å². The summed E-state index contributed by atoms with van der Waals surface area (Å²) in [6.45, 7) is 5.71. The van der Waals surface area contributed by atoms with Crippen molar-refractivity contribution in [3.05, 3.63) is 40.8 Å². The summed E-state index contributed by atoms with van der Waals surface area (Å²) >= 11 is 3.60. The number of halogens is 1. The summed E-state index contributed by atoms with van der Waals surface area (Å²) in [7, 11) is 0. The van der Waals surface area contributed by atoms with Gasteiger partial charge in [-0.1, -0.05) is 0 Å². The summed E-state index contributed by atoms with van der Waals surface area (Å²) in [5.41, 5.74) is 1.16. The van der Waals surface area contributed by atoms with E-state index in [0.29, 0.717) is 0 Å².